The van der Waals surface area contributed by atoms with Gasteiger partial charge in [-0.3, -0.25) is 4.98 Å². The van der Waals surface area contributed by atoms with Crippen LogP contribution in [0, 0.1) is 5.92 Å². The Balaban J connectivity index is 1.52. The van der Waals surface area contributed by atoms with Crippen molar-refractivity contribution in [1.29, 1.82) is 0 Å². The molecular formula is C21H21N5O2. The number of pyridine rings is 1. The molecule has 0 aliphatic heterocycles. The molecule has 3 aromatic heterocycles. The lowest BCUT2D eigenvalue weighted by Gasteiger charge is -2.19. The van der Waals surface area contributed by atoms with Crippen LogP contribution in [0.25, 0.3) is 27.8 Å². The topological polar surface area (TPSA) is 95.6 Å². The van der Waals surface area contributed by atoms with E-state index >= 15 is 0 Å². The van der Waals surface area contributed by atoms with Gasteiger partial charge in [-0.2, -0.15) is 9.61 Å². The first-order chi connectivity index (χ1) is 13.6. The molecule has 3 heterocycles. The summed E-state index contributed by atoms with van der Waals surface area (Å²) < 4.78 is 1.74. The molecule has 5 rings (SSSR count). The zero-order valence-electron chi connectivity index (χ0n) is 15.4. The molecule has 1 aliphatic rings. The summed E-state index contributed by atoms with van der Waals surface area (Å²) in [6, 6.07) is 13.6. The molecule has 1 aromatic carbocycles. The lowest BCUT2D eigenvalue weighted by atomic mass is 10.1. The number of nitrogens with zero attached hydrogens (tertiary/aromatic N) is 4. The van der Waals surface area contributed by atoms with Crippen LogP contribution in [-0.4, -0.2) is 48.0 Å². The minimum Gasteiger partial charge on any atom is -0.390 e. The first kappa shape index (κ1) is 17.1. The Bertz CT molecular complexity index is 1160. The van der Waals surface area contributed by atoms with E-state index in [1.807, 2.05) is 49.4 Å². The van der Waals surface area contributed by atoms with E-state index in [-0.39, 0.29) is 12.0 Å². The molecule has 4 atom stereocenters. The van der Waals surface area contributed by atoms with E-state index in [0.29, 0.717) is 12.1 Å². The molecule has 28 heavy (non-hydrogen) atoms. The molecule has 1 saturated carbocycles. The van der Waals surface area contributed by atoms with Crippen molar-refractivity contribution in [3.05, 3.63) is 54.9 Å². The molecule has 0 bridgehead atoms. The summed E-state index contributed by atoms with van der Waals surface area (Å²) in [7, 11) is 0. The first-order valence-electron chi connectivity index (χ1n) is 9.43. The van der Waals surface area contributed by atoms with Gasteiger partial charge in [0.05, 0.1) is 23.4 Å². The average Bonchev–Trinajstić information content (AvgIpc) is 3.26. The van der Waals surface area contributed by atoms with Gasteiger partial charge in [-0.05, 0) is 30.5 Å². The lowest BCUT2D eigenvalue weighted by molar-refractivity contribution is 0.0210. The average molecular weight is 375 g/mol. The Morgan fingerprint density at radius 3 is 2.75 bits per heavy atom. The largest absolute Gasteiger partial charge is 0.390 e. The van der Waals surface area contributed by atoms with Crippen molar-refractivity contribution in [1.82, 2.24) is 19.6 Å². The molecule has 142 valence electrons. The molecule has 0 spiro atoms. The Hall–Kier alpha value is -3.03. The van der Waals surface area contributed by atoms with Crippen LogP contribution in [0.2, 0.25) is 0 Å². The van der Waals surface area contributed by atoms with E-state index < -0.39 is 12.2 Å². The maximum absolute atomic E-state index is 10.3. The van der Waals surface area contributed by atoms with Gasteiger partial charge in [0.25, 0.3) is 0 Å². The maximum atomic E-state index is 10.3. The quantitative estimate of drug-likeness (QED) is 0.509. The Kier molecular flexibility index (Phi) is 3.99. The summed E-state index contributed by atoms with van der Waals surface area (Å²) in [4.78, 5) is 8.82. The summed E-state index contributed by atoms with van der Waals surface area (Å²) in [5.74, 6) is 0.781. The number of nitrogens with one attached hydrogen (secondary N) is 1. The van der Waals surface area contributed by atoms with E-state index in [9.17, 15) is 10.2 Å². The Labute approximate surface area is 161 Å². The first-order valence-corrected chi connectivity index (χ1v) is 9.43. The summed E-state index contributed by atoms with van der Waals surface area (Å²) in [6.07, 6.45) is 2.66. The summed E-state index contributed by atoms with van der Waals surface area (Å²) in [5.41, 5.74) is 3.39. The van der Waals surface area contributed by atoms with Gasteiger partial charge in [-0.25, -0.2) is 4.98 Å². The van der Waals surface area contributed by atoms with Gasteiger partial charge in [0, 0.05) is 29.4 Å². The molecule has 1 aliphatic carbocycles. The van der Waals surface area contributed by atoms with E-state index in [2.05, 4.69) is 15.3 Å². The van der Waals surface area contributed by atoms with Gasteiger partial charge in [0.2, 0.25) is 0 Å². The fourth-order valence-corrected chi connectivity index (χ4v) is 3.96. The second kappa shape index (κ2) is 6.54. The number of hydrogen-bond acceptors (Lipinski definition) is 6. The molecule has 4 aromatic rings. The summed E-state index contributed by atoms with van der Waals surface area (Å²) in [5, 5.41) is 29.4. The number of aliphatic hydroxyl groups is 2. The molecule has 1 fully saturated rings. The zero-order chi connectivity index (χ0) is 19.3. The maximum Gasteiger partial charge on any atom is 0.157 e. The van der Waals surface area contributed by atoms with Crippen LogP contribution < -0.4 is 5.32 Å². The zero-order valence-corrected chi connectivity index (χ0v) is 15.4. The van der Waals surface area contributed by atoms with E-state index in [4.69, 9.17) is 5.10 Å². The minimum absolute atomic E-state index is 0.0445. The molecule has 0 saturated heterocycles. The van der Waals surface area contributed by atoms with Crippen LogP contribution in [0.3, 0.4) is 0 Å². The predicted octanol–water partition coefficient (Wildman–Crippen LogP) is 2.49. The molecule has 0 amide bonds. The van der Waals surface area contributed by atoms with Gasteiger partial charge in [-0.1, -0.05) is 25.1 Å². The predicted molar refractivity (Wildman–Crippen MR) is 107 cm³/mol. The fourth-order valence-electron chi connectivity index (χ4n) is 3.96. The second-order valence-corrected chi connectivity index (χ2v) is 7.49. The van der Waals surface area contributed by atoms with Crippen molar-refractivity contribution >= 4 is 22.4 Å². The molecule has 7 nitrogen and oxygen atoms in total. The smallest absolute Gasteiger partial charge is 0.157 e. The van der Waals surface area contributed by atoms with Gasteiger partial charge in [-0.15, -0.1) is 0 Å². The number of rotatable bonds is 3. The van der Waals surface area contributed by atoms with Gasteiger partial charge >= 0.3 is 0 Å². The highest BCUT2D eigenvalue weighted by atomic mass is 16.3. The van der Waals surface area contributed by atoms with Crippen molar-refractivity contribution in [3.8, 4) is 11.3 Å². The number of aromatic nitrogens is 4. The minimum atomic E-state index is -0.806. The van der Waals surface area contributed by atoms with Crippen LogP contribution in [0.4, 0.5) is 5.82 Å². The second-order valence-electron chi connectivity index (χ2n) is 7.49. The van der Waals surface area contributed by atoms with E-state index in [1.165, 1.54) is 0 Å². The number of aliphatic hydroxyl groups excluding tert-OH is 2. The van der Waals surface area contributed by atoms with E-state index in [0.717, 1.165) is 28.0 Å². The van der Waals surface area contributed by atoms with Crippen molar-refractivity contribution < 1.29 is 10.2 Å². The standard InChI is InChI=1S/C21H21N5O2/c1-12-9-17(21(28)20(12)27)24-18-6-8-23-19-11-16(25-26(18)19)14-5-4-13-3-2-7-22-15(13)10-14/h2-8,10-12,17,20-21,24,27-28H,9H2,1H3/t12-,17-,20-,21+/m1/s1. The van der Waals surface area contributed by atoms with Gasteiger partial charge in [0.1, 0.15) is 11.9 Å². The van der Waals surface area contributed by atoms with Crippen molar-refractivity contribution in [2.45, 2.75) is 31.6 Å². The molecular weight excluding hydrogens is 354 g/mol. The highest BCUT2D eigenvalue weighted by Gasteiger charge is 2.39. The Morgan fingerprint density at radius 1 is 1.04 bits per heavy atom. The number of benzene rings is 1. The number of hydrogen-bond donors (Lipinski definition) is 3. The van der Waals surface area contributed by atoms with Crippen LogP contribution in [-0.2, 0) is 0 Å². The number of anilines is 1. The third-order valence-corrected chi connectivity index (χ3v) is 5.56. The monoisotopic (exact) mass is 375 g/mol. The third kappa shape index (κ3) is 2.80. The molecule has 0 radical (unpaired) electrons. The molecule has 3 N–H and O–H groups in total. The van der Waals surface area contributed by atoms with Crippen LogP contribution in [0.5, 0.6) is 0 Å². The summed E-state index contributed by atoms with van der Waals surface area (Å²) >= 11 is 0. The van der Waals surface area contributed by atoms with Crippen LogP contribution >= 0.6 is 0 Å². The molecule has 0 unspecified atom stereocenters. The highest BCUT2D eigenvalue weighted by molar-refractivity contribution is 5.83. The van der Waals surface area contributed by atoms with Gasteiger partial charge < -0.3 is 15.5 Å². The van der Waals surface area contributed by atoms with E-state index in [1.54, 1.807) is 16.9 Å². The normalized spacial score (nSPS) is 24.8. The summed E-state index contributed by atoms with van der Waals surface area (Å²) in [6.45, 7) is 1.94. The van der Waals surface area contributed by atoms with Crippen molar-refractivity contribution in [3.63, 3.8) is 0 Å². The third-order valence-electron chi connectivity index (χ3n) is 5.56. The lowest BCUT2D eigenvalue weighted by Crippen LogP contribution is -2.35. The Morgan fingerprint density at radius 2 is 1.93 bits per heavy atom. The SMILES string of the molecule is C[C@@H]1C[C@@H](Nc2ccnc3cc(-c4ccc5cccnc5c4)nn23)[C@H](O)[C@@H]1O. The van der Waals surface area contributed by atoms with Crippen LogP contribution in [0.15, 0.2) is 54.9 Å². The van der Waals surface area contributed by atoms with Crippen LogP contribution in [0.1, 0.15) is 13.3 Å². The highest BCUT2D eigenvalue weighted by Crippen LogP contribution is 2.29. The fraction of sp³-hybridized carbons (Fsp3) is 0.286. The molecule has 7 heteroatoms. The van der Waals surface area contributed by atoms with Crippen molar-refractivity contribution in [2.75, 3.05) is 5.32 Å². The van der Waals surface area contributed by atoms with Gasteiger partial charge in [0.15, 0.2) is 5.65 Å². The number of fused-ring (bicyclic) bond motifs is 2. The van der Waals surface area contributed by atoms with Crippen molar-refractivity contribution in [2.24, 2.45) is 5.92 Å².